The van der Waals surface area contributed by atoms with E-state index in [1.54, 1.807) is 6.20 Å². The van der Waals surface area contributed by atoms with Crippen molar-refractivity contribution in [1.29, 1.82) is 0 Å². The molecule has 0 aromatic carbocycles. The Morgan fingerprint density at radius 3 is 2.70 bits per heavy atom. The van der Waals surface area contributed by atoms with Crippen molar-refractivity contribution in [3.05, 3.63) is 35.6 Å². The van der Waals surface area contributed by atoms with Crippen LogP contribution < -0.4 is 4.90 Å². The van der Waals surface area contributed by atoms with Crippen LogP contribution in [0.3, 0.4) is 0 Å². The normalized spacial score (nSPS) is 19.5. The first-order chi connectivity index (χ1) is 13.0. The van der Waals surface area contributed by atoms with Crippen LogP contribution >= 0.6 is 0 Å². The zero-order chi connectivity index (χ0) is 18.9. The van der Waals surface area contributed by atoms with Crippen LogP contribution in [0.1, 0.15) is 30.0 Å². The van der Waals surface area contributed by atoms with Crippen molar-refractivity contribution in [2.24, 2.45) is 0 Å². The molecular formula is C19H25N5O3. The van der Waals surface area contributed by atoms with E-state index in [1.165, 1.54) is 0 Å². The Kier molecular flexibility index (Phi) is 4.82. The highest BCUT2D eigenvalue weighted by Crippen LogP contribution is 2.32. The van der Waals surface area contributed by atoms with Gasteiger partial charge in [-0.2, -0.15) is 0 Å². The van der Waals surface area contributed by atoms with Crippen LogP contribution in [-0.4, -0.2) is 64.3 Å². The average Bonchev–Trinajstić information content (AvgIpc) is 3.07. The number of amides is 1. The number of rotatable bonds is 3. The summed E-state index contributed by atoms with van der Waals surface area (Å²) in [6.07, 6.45) is 5.48. The number of piperidine rings is 1. The molecule has 2 aromatic rings. The van der Waals surface area contributed by atoms with Crippen molar-refractivity contribution >= 4 is 11.7 Å². The molecule has 0 aliphatic carbocycles. The van der Waals surface area contributed by atoms with E-state index < -0.39 is 0 Å². The summed E-state index contributed by atoms with van der Waals surface area (Å²) < 4.78 is 11.3. The molecule has 1 amide bonds. The van der Waals surface area contributed by atoms with Gasteiger partial charge in [-0.1, -0.05) is 5.16 Å². The zero-order valence-electron chi connectivity index (χ0n) is 15.8. The maximum Gasteiger partial charge on any atom is 0.230 e. The van der Waals surface area contributed by atoms with E-state index in [4.69, 9.17) is 9.26 Å². The lowest BCUT2D eigenvalue weighted by molar-refractivity contribution is -0.139. The summed E-state index contributed by atoms with van der Waals surface area (Å²) in [7, 11) is 0. The highest BCUT2D eigenvalue weighted by atomic mass is 16.5. The maximum absolute atomic E-state index is 12.5. The van der Waals surface area contributed by atoms with Gasteiger partial charge in [0, 0.05) is 38.4 Å². The molecule has 2 saturated heterocycles. The van der Waals surface area contributed by atoms with Crippen LogP contribution in [0.15, 0.2) is 23.0 Å². The minimum absolute atomic E-state index is 0.0817. The molecule has 8 nitrogen and oxygen atoms in total. The molecule has 144 valence electrons. The molecule has 4 heterocycles. The van der Waals surface area contributed by atoms with Gasteiger partial charge in [-0.05, 0) is 26.7 Å². The van der Waals surface area contributed by atoms with Gasteiger partial charge in [-0.15, -0.1) is 0 Å². The maximum atomic E-state index is 12.5. The molecule has 27 heavy (non-hydrogen) atoms. The Bertz CT molecular complexity index is 813. The number of ether oxygens (including phenoxy) is 1. The molecule has 2 aliphatic heterocycles. The van der Waals surface area contributed by atoms with Gasteiger partial charge >= 0.3 is 0 Å². The smallest absolute Gasteiger partial charge is 0.230 e. The topological polar surface area (TPSA) is 84.6 Å². The highest BCUT2D eigenvalue weighted by molar-refractivity contribution is 5.78. The first kappa shape index (κ1) is 17.9. The Morgan fingerprint density at radius 1 is 1.19 bits per heavy atom. The number of aromatic nitrogens is 3. The summed E-state index contributed by atoms with van der Waals surface area (Å²) in [6.45, 7) is 7.46. The molecule has 8 heteroatoms. The monoisotopic (exact) mass is 371 g/mol. The van der Waals surface area contributed by atoms with E-state index in [1.807, 2.05) is 31.0 Å². The number of hydrogen-bond acceptors (Lipinski definition) is 7. The molecule has 2 aliphatic rings. The molecule has 1 spiro atoms. The minimum atomic E-state index is -0.219. The first-order valence-electron chi connectivity index (χ1n) is 9.41. The zero-order valence-corrected chi connectivity index (χ0v) is 15.8. The Morgan fingerprint density at radius 2 is 2.00 bits per heavy atom. The van der Waals surface area contributed by atoms with E-state index in [9.17, 15) is 4.79 Å². The number of hydrogen-bond donors (Lipinski definition) is 0. The average molecular weight is 371 g/mol. The van der Waals surface area contributed by atoms with Gasteiger partial charge in [0.25, 0.3) is 0 Å². The van der Waals surface area contributed by atoms with Gasteiger partial charge in [0.15, 0.2) is 0 Å². The van der Waals surface area contributed by atoms with Crippen LogP contribution in [0, 0.1) is 13.8 Å². The van der Waals surface area contributed by atoms with Crippen LogP contribution in [0.5, 0.6) is 0 Å². The molecule has 0 bridgehead atoms. The number of carbonyl (C=O) groups excluding carboxylic acids is 1. The summed E-state index contributed by atoms with van der Waals surface area (Å²) in [5.74, 6) is 1.60. The van der Waals surface area contributed by atoms with Crippen molar-refractivity contribution < 1.29 is 14.1 Å². The van der Waals surface area contributed by atoms with Gasteiger partial charge in [-0.3, -0.25) is 9.78 Å². The van der Waals surface area contributed by atoms with Crippen LogP contribution in [0.2, 0.25) is 0 Å². The second-order valence-electron chi connectivity index (χ2n) is 7.46. The molecule has 2 fully saturated rings. The first-order valence-corrected chi connectivity index (χ1v) is 9.41. The number of nitrogens with zero attached hydrogens (tertiary/aromatic N) is 5. The van der Waals surface area contributed by atoms with Crippen molar-refractivity contribution in [2.75, 3.05) is 37.7 Å². The molecule has 0 radical (unpaired) electrons. The lowest BCUT2D eigenvalue weighted by Crippen LogP contribution is -2.58. The second-order valence-corrected chi connectivity index (χ2v) is 7.46. The van der Waals surface area contributed by atoms with E-state index >= 15 is 0 Å². The van der Waals surface area contributed by atoms with Crippen LogP contribution in [0.25, 0.3) is 0 Å². The molecule has 4 rings (SSSR count). The van der Waals surface area contributed by atoms with Gasteiger partial charge in [0.05, 0.1) is 36.2 Å². The van der Waals surface area contributed by atoms with Gasteiger partial charge in [-0.25, -0.2) is 4.98 Å². The number of anilines is 1. The highest BCUT2D eigenvalue weighted by Gasteiger charge is 2.41. The third-order valence-electron chi connectivity index (χ3n) is 5.34. The van der Waals surface area contributed by atoms with E-state index in [-0.39, 0.29) is 17.9 Å². The molecule has 0 unspecified atom stereocenters. The molecule has 0 saturated carbocycles. The van der Waals surface area contributed by atoms with Gasteiger partial charge in [0.1, 0.15) is 11.6 Å². The van der Waals surface area contributed by atoms with E-state index in [2.05, 4.69) is 20.0 Å². The Labute approximate surface area is 158 Å². The number of carbonyl (C=O) groups is 1. The van der Waals surface area contributed by atoms with Gasteiger partial charge in [0.2, 0.25) is 5.91 Å². The van der Waals surface area contributed by atoms with E-state index in [0.717, 1.165) is 43.1 Å². The summed E-state index contributed by atoms with van der Waals surface area (Å²) in [6, 6.07) is 1.81. The molecule has 2 aromatic heterocycles. The minimum Gasteiger partial charge on any atom is -0.371 e. The third kappa shape index (κ3) is 3.95. The fraction of sp³-hybridized carbons (Fsp3) is 0.579. The fourth-order valence-corrected chi connectivity index (χ4v) is 3.87. The van der Waals surface area contributed by atoms with Crippen molar-refractivity contribution in [3.63, 3.8) is 0 Å². The summed E-state index contributed by atoms with van der Waals surface area (Å²) in [4.78, 5) is 25.5. The lowest BCUT2D eigenvalue weighted by Gasteiger charge is -2.47. The number of morpholine rings is 1. The SMILES string of the molecule is Cc1cc(CC(=O)N2CCC3(CC2)CN(c2cncc(C)n2)CCO3)on1. The van der Waals surface area contributed by atoms with Crippen LogP contribution in [0.4, 0.5) is 5.82 Å². The fourth-order valence-electron chi connectivity index (χ4n) is 3.87. The van der Waals surface area contributed by atoms with Crippen molar-refractivity contribution in [2.45, 2.75) is 38.7 Å². The molecule has 0 atom stereocenters. The van der Waals surface area contributed by atoms with Crippen molar-refractivity contribution in [1.82, 2.24) is 20.0 Å². The standard InChI is InChI=1S/C19H25N5O3/c1-14-9-16(27-22-14)10-18(25)23-5-3-19(4-6-23)13-24(7-8-26-19)17-12-20-11-15(2)21-17/h9,11-12H,3-8,10,13H2,1-2H3. The molecular weight excluding hydrogens is 346 g/mol. The number of likely N-dealkylation sites (tertiary alicyclic amines) is 1. The Balaban J connectivity index is 1.36. The second kappa shape index (κ2) is 7.26. The summed E-state index contributed by atoms with van der Waals surface area (Å²) >= 11 is 0. The lowest BCUT2D eigenvalue weighted by atomic mass is 9.89. The quantitative estimate of drug-likeness (QED) is 0.809. The predicted octanol–water partition coefficient (Wildman–Crippen LogP) is 1.52. The van der Waals surface area contributed by atoms with Crippen LogP contribution in [-0.2, 0) is 16.0 Å². The van der Waals surface area contributed by atoms with Gasteiger partial charge < -0.3 is 19.1 Å². The van der Waals surface area contributed by atoms with E-state index in [0.29, 0.717) is 25.5 Å². The third-order valence-corrected chi connectivity index (χ3v) is 5.34. The summed E-state index contributed by atoms with van der Waals surface area (Å²) in [5, 5.41) is 3.84. The largest absolute Gasteiger partial charge is 0.371 e. The summed E-state index contributed by atoms with van der Waals surface area (Å²) in [5.41, 5.74) is 1.49. The predicted molar refractivity (Wildman–Crippen MR) is 98.4 cm³/mol. The van der Waals surface area contributed by atoms with Crippen molar-refractivity contribution in [3.8, 4) is 0 Å². The molecule has 0 N–H and O–H groups in total. The Hall–Kier alpha value is -2.48. The number of aryl methyl sites for hydroxylation is 2.